The average Bonchev–Trinajstić information content (AvgIpc) is 2.36. The van der Waals surface area contributed by atoms with E-state index in [4.69, 9.17) is 0 Å². The van der Waals surface area contributed by atoms with Crippen LogP contribution < -0.4 is 0 Å². The second kappa shape index (κ2) is 5.92. The SMILES string of the molecule is Cc1cc(C)nc(Sc2cc([N+](=O)[O-])ccc2C(=O)O)c1. The van der Waals surface area contributed by atoms with Crippen molar-refractivity contribution in [3.05, 3.63) is 57.3 Å². The van der Waals surface area contributed by atoms with Crippen LogP contribution >= 0.6 is 11.8 Å². The van der Waals surface area contributed by atoms with Crippen molar-refractivity contribution in [2.75, 3.05) is 0 Å². The van der Waals surface area contributed by atoms with E-state index in [1.807, 2.05) is 26.0 Å². The van der Waals surface area contributed by atoms with Crippen molar-refractivity contribution in [2.45, 2.75) is 23.8 Å². The molecule has 0 unspecified atom stereocenters. The van der Waals surface area contributed by atoms with Gasteiger partial charge in [0.05, 0.1) is 10.5 Å². The summed E-state index contributed by atoms with van der Waals surface area (Å²) in [4.78, 5) is 26.1. The molecule has 21 heavy (non-hydrogen) atoms. The van der Waals surface area contributed by atoms with Gasteiger partial charge in [0.15, 0.2) is 0 Å². The van der Waals surface area contributed by atoms with Crippen LogP contribution in [0.4, 0.5) is 5.69 Å². The van der Waals surface area contributed by atoms with E-state index in [9.17, 15) is 20.0 Å². The van der Waals surface area contributed by atoms with E-state index < -0.39 is 10.9 Å². The molecule has 6 nitrogen and oxygen atoms in total. The predicted molar refractivity (Wildman–Crippen MR) is 77.9 cm³/mol. The van der Waals surface area contributed by atoms with Crippen molar-refractivity contribution < 1.29 is 14.8 Å². The van der Waals surface area contributed by atoms with Gasteiger partial charge in [-0.1, -0.05) is 11.8 Å². The molecule has 1 aromatic heterocycles. The fraction of sp³-hybridized carbons (Fsp3) is 0.143. The van der Waals surface area contributed by atoms with E-state index in [-0.39, 0.29) is 11.3 Å². The zero-order valence-electron chi connectivity index (χ0n) is 11.4. The highest BCUT2D eigenvalue weighted by Crippen LogP contribution is 2.32. The molecular weight excluding hydrogens is 292 g/mol. The van der Waals surface area contributed by atoms with Crippen LogP contribution in [0.3, 0.4) is 0 Å². The number of aryl methyl sites for hydroxylation is 2. The van der Waals surface area contributed by atoms with Crippen molar-refractivity contribution in [3.8, 4) is 0 Å². The van der Waals surface area contributed by atoms with Gasteiger partial charge in [-0.15, -0.1) is 0 Å². The standard InChI is InChI=1S/C14H12N2O4S/c1-8-5-9(2)15-13(6-8)21-12-7-10(16(19)20)3-4-11(12)14(17)18/h3-7H,1-2H3,(H,17,18). The molecule has 1 aromatic carbocycles. The Bertz CT molecular complexity index is 711. The second-order valence-electron chi connectivity index (χ2n) is 4.47. The van der Waals surface area contributed by atoms with Gasteiger partial charge in [0, 0.05) is 22.7 Å². The lowest BCUT2D eigenvalue weighted by molar-refractivity contribution is -0.385. The van der Waals surface area contributed by atoms with Gasteiger partial charge in [-0.3, -0.25) is 10.1 Å². The first-order valence-electron chi connectivity index (χ1n) is 6.01. The molecule has 0 aliphatic heterocycles. The number of nitro groups is 1. The number of nitro benzene ring substituents is 1. The Morgan fingerprint density at radius 2 is 2.00 bits per heavy atom. The zero-order valence-corrected chi connectivity index (χ0v) is 12.2. The average molecular weight is 304 g/mol. The number of aromatic carboxylic acids is 1. The maximum Gasteiger partial charge on any atom is 0.336 e. The summed E-state index contributed by atoms with van der Waals surface area (Å²) in [5, 5.41) is 20.6. The predicted octanol–water partition coefficient (Wildman–Crippen LogP) is 3.46. The molecule has 0 fully saturated rings. The fourth-order valence-electron chi connectivity index (χ4n) is 1.85. The Morgan fingerprint density at radius 3 is 2.57 bits per heavy atom. The molecule has 2 aromatic rings. The third kappa shape index (κ3) is 3.57. The minimum atomic E-state index is -1.13. The molecule has 0 aliphatic rings. The Hall–Kier alpha value is -2.41. The van der Waals surface area contributed by atoms with E-state index in [0.717, 1.165) is 23.0 Å². The molecule has 0 bridgehead atoms. The van der Waals surface area contributed by atoms with E-state index in [1.54, 1.807) is 0 Å². The van der Waals surface area contributed by atoms with Crippen LogP contribution in [-0.2, 0) is 0 Å². The van der Waals surface area contributed by atoms with E-state index in [1.165, 1.54) is 18.2 Å². The van der Waals surface area contributed by atoms with Crippen LogP contribution in [0.5, 0.6) is 0 Å². The number of hydrogen-bond donors (Lipinski definition) is 1. The van der Waals surface area contributed by atoms with Gasteiger partial charge in [0.1, 0.15) is 5.03 Å². The maximum atomic E-state index is 11.2. The molecule has 0 atom stereocenters. The van der Waals surface area contributed by atoms with Gasteiger partial charge in [-0.05, 0) is 37.6 Å². The summed E-state index contributed by atoms with van der Waals surface area (Å²) in [7, 11) is 0. The molecule has 2 rings (SSSR count). The molecule has 108 valence electrons. The fourth-order valence-corrected chi connectivity index (χ4v) is 2.96. The number of hydrogen-bond acceptors (Lipinski definition) is 5. The van der Waals surface area contributed by atoms with Gasteiger partial charge in [-0.2, -0.15) is 0 Å². The summed E-state index contributed by atoms with van der Waals surface area (Å²) in [5.41, 5.74) is 1.67. The first-order valence-corrected chi connectivity index (χ1v) is 6.83. The highest BCUT2D eigenvalue weighted by atomic mass is 32.2. The van der Waals surface area contributed by atoms with Crippen molar-refractivity contribution in [3.63, 3.8) is 0 Å². The molecule has 0 saturated heterocycles. The van der Waals surface area contributed by atoms with Crippen LogP contribution in [0, 0.1) is 24.0 Å². The van der Waals surface area contributed by atoms with Gasteiger partial charge in [0.2, 0.25) is 0 Å². The highest BCUT2D eigenvalue weighted by molar-refractivity contribution is 7.99. The van der Waals surface area contributed by atoms with Crippen LogP contribution in [0.2, 0.25) is 0 Å². The molecule has 0 aliphatic carbocycles. The third-order valence-electron chi connectivity index (χ3n) is 2.70. The summed E-state index contributed by atoms with van der Waals surface area (Å²) in [6, 6.07) is 7.39. The van der Waals surface area contributed by atoms with Crippen molar-refractivity contribution in [1.82, 2.24) is 4.98 Å². The van der Waals surface area contributed by atoms with Crippen LogP contribution in [-0.4, -0.2) is 21.0 Å². The lowest BCUT2D eigenvalue weighted by atomic mass is 10.2. The summed E-state index contributed by atoms with van der Waals surface area (Å²) < 4.78 is 0. The van der Waals surface area contributed by atoms with Gasteiger partial charge in [0.25, 0.3) is 5.69 Å². The first kappa shape index (κ1) is 15.0. The number of benzene rings is 1. The number of carboxylic acid groups (broad SMARTS) is 1. The van der Waals surface area contributed by atoms with Crippen molar-refractivity contribution >= 4 is 23.4 Å². The summed E-state index contributed by atoms with van der Waals surface area (Å²) in [6.45, 7) is 3.74. The molecule has 0 amide bonds. The Morgan fingerprint density at radius 1 is 1.29 bits per heavy atom. The number of non-ortho nitro benzene ring substituents is 1. The molecule has 1 heterocycles. The van der Waals surface area contributed by atoms with Crippen LogP contribution in [0.15, 0.2) is 40.3 Å². The van der Waals surface area contributed by atoms with E-state index in [0.29, 0.717) is 9.92 Å². The van der Waals surface area contributed by atoms with Gasteiger partial charge in [-0.25, -0.2) is 9.78 Å². The summed E-state index contributed by atoms with van der Waals surface area (Å²) >= 11 is 1.11. The Labute approximate surface area is 125 Å². The first-order chi connectivity index (χ1) is 9.86. The van der Waals surface area contributed by atoms with E-state index >= 15 is 0 Å². The monoisotopic (exact) mass is 304 g/mol. The number of rotatable bonds is 4. The quantitative estimate of drug-likeness (QED) is 0.686. The largest absolute Gasteiger partial charge is 0.478 e. The minimum absolute atomic E-state index is 0.0200. The second-order valence-corrected chi connectivity index (χ2v) is 5.53. The number of aromatic nitrogens is 1. The van der Waals surface area contributed by atoms with Gasteiger partial charge < -0.3 is 5.11 Å². The van der Waals surface area contributed by atoms with Crippen molar-refractivity contribution in [1.29, 1.82) is 0 Å². The molecular formula is C14H12N2O4S. The Kier molecular flexibility index (Phi) is 4.23. The number of carbonyl (C=O) groups is 1. The molecule has 7 heteroatoms. The topological polar surface area (TPSA) is 93.3 Å². The molecule has 0 saturated carbocycles. The lowest BCUT2D eigenvalue weighted by Crippen LogP contribution is -2.00. The molecule has 1 N–H and O–H groups in total. The number of nitrogens with zero attached hydrogens (tertiary/aromatic N) is 2. The minimum Gasteiger partial charge on any atom is -0.478 e. The summed E-state index contributed by atoms with van der Waals surface area (Å²) in [5.74, 6) is -1.13. The third-order valence-corrected chi connectivity index (χ3v) is 3.67. The van der Waals surface area contributed by atoms with Crippen LogP contribution in [0.25, 0.3) is 0 Å². The van der Waals surface area contributed by atoms with E-state index in [2.05, 4.69) is 4.98 Å². The normalized spacial score (nSPS) is 10.4. The van der Waals surface area contributed by atoms with Crippen LogP contribution in [0.1, 0.15) is 21.6 Å². The highest BCUT2D eigenvalue weighted by Gasteiger charge is 2.17. The number of pyridine rings is 1. The Balaban J connectivity index is 2.47. The number of carboxylic acids is 1. The smallest absolute Gasteiger partial charge is 0.336 e. The molecule has 0 radical (unpaired) electrons. The van der Waals surface area contributed by atoms with Crippen molar-refractivity contribution in [2.24, 2.45) is 0 Å². The molecule has 0 spiro atoms. The van der Waals surface area contributed by atoms with Gasteiger partial charge >= 0.3 is 5.97 Å². The maximum absolute atomic E-state index is 11.2. The lowest BCUT2D eigenvalue weighted by Gasteiger charge is -2.07. The zero-order chi connectivity index (χ0) is 15.6. The summed E-state index contributed by atoms with van der Waals surface area (Å²) in [6.07, 6.45) is 0.